The largest absolute Gasteiger partial charge is 0.481 e. The summed E-state index contributed by atoms with van der Waals surface area (Å²) < 4.78 is 6.31. The quantitative estimate of drug-likeness (QED) is 0.826. The average Bonchev–Trinajstić information content (AvgIpc) is 2.48. The molecular weight excluding hydrogens is 374 g/mol. The highest BCUT2D eigenvalue weighted by molar-refractivity contribution is 9.10. The summed E-state index contributed by atoms with van der Waals surface area (Å²) in [6, 6.07) is 7.43. The Balaban J connectivity index is 2.02. The third-order valence-electron chi connectivity index (χ3n) is 4.16. The van der Waals surface area contributed by atoms with Crippen LogP contribution < -0.4 is 0 Å². The molecule has 1 aliphatic heterocycles. The zero-order valence-corrected chi connectivity index (χ0v) is 15.9. The van der Waals surface area contributed by atoms with E-state index in [0.717, 1.165) is 10.0 Å². The molecular formula is C18H24BrNO4. The number of ether oxygens (including phenoxy) is 1. The van der Waals surface area contributed by atoms with Crippen molar-refractivity contribution in [3.8, 4) is 0 Å². The van der Waals surface area contributed by atoms with Crippen LogP contribution in [0.4, 0.5) is 4.79 Å². The van der Waals surface area contributed by atoms with Gasteiger partial charge in [0.25, 0.3) is 0 Å². The molecule has 1 saturated heterocycles. The number of carboxylic acid groups (broad SMARTS) is 1. The number of carboxylic acids is 1. The number of amides is 1. The van der Waals surface area contributed by atoms with E-state index in [1.54, 1.807) is 4.90 Å². The molecule has 1 aliphatic rings. The molecule has 1 atom stereocenters. The van der Waals surface area contributed by atoms with Gasteiger partial charge in [-0.3, -0.25) is 4.79 Å². The van der Waals surface area contributed by atoms with Gasteiger partial charge >= 0.3 is 12.1 Å². The molecule has 0 aromatic heterocycles. The van der Waals surface area contributed by atoms with E-state index in [2.05, 4.69) is 15.9 Å². The zero-order valence-electron chi connectivity index (χ0n) is 14.3. The van der Waals surface area contributed by atoms with E-state index in [0.29, 0.717) is 25.9 Å². The van der Waals surface area contributed by atoms with Crippen molar-refractivity contribution in [2.24, 2.45) is 5.92 Å². The lowest BCUT2D eigenvalue weighted by Gasteiger charge is -2.35. The number of nitrogens with zero attached hydrogens (tertiary/aromatic N) is 1. The second kappa shape index (κ2) is 7.55. The number of piperidine rings is 1. The Morgan fingerprint density at radius 3 is 2.21 bits per heavy atom. The van der Waals surface area contributed by atoms with E-state index in [4.69, 9.17) is 4.74 Å². The Kier molecular flexibility index (Phi) is 5.91. The van der Waals surface area contributed by atoms with Gasteiger partial charge in [-0.05, 0) is 57.2 Å². The van der Waals surface area contributed by atoms with Crippen molar-refractivity contribution in [1.82, 2.24) is 4.90 Å². The van der Waals surface area contributed by atoms with Gasteiger partial charge in [-0.2, -0.15) is 0 Å². The normalized spacial score (nSPS) is 17.4. The highest BCUT2D eigenvalue weighted by Crippen LogP contribution is 2.34. The number of carbonyl (C=O) groups excluding carboxylic acids is 1. The van der Waals surface area contributed by atoms with Crippen LogP contribution in [0.25, 0.3) is 0 Å². The average molecular weight is 398 g/mol. The molecule has 6 heteroatoms. The van der Waals surface area contributed by atoms with Gasteiger partial charge in [0.2, 0.25) is 0 Å². The van der Waals surface area contributed by atoms with Gasteiger partial charge in [-0.25, -0.2) is 4.79 Å². The molecule has 1 heterocycles. The van der Waals surface area contributed by atoms with E-state index in [1.807, 2.05) is 45.0 Å². The van der Waals surface area contributed by atoms with Crippen LogP contribution in [0.5, 0.6) is 0 Å². The van der Waals surface area contributed by atoms with E-state index in [-0.39, 0.29) is 12.0 Å². The lowest BCUT2D eigenvalue weighted by molar-refractivity contribution is -0.140. The summed E-state index contributed by atoms with van der Waals surface area (Å²) in [5.41, 5.74) is 0.288. The summed E-state index contributed by atoms with van der Waals surface area (Å²) in [7, 11) is 0. The van der Waals surface area contributed by atoms with Crippen molar-refractivity contribution < 1.29 is 19.4 Å². The molecule has 1 unspecified atom stereocenters. The second-order valence-corrected chi connectivity index (χ2v) is 8.09. The monoisotopic (exact) mass is 397 g/mol. The summed E-state index contributed by atoms with van der Waals surface area (Å²) in [5, 5.41) is 9.66. The molecule has 1 aromatic carbocycles. The highest BCUT2D eigenvalue weighted by atomic mass is 79.9. The molecule has 132 valence electrons. The lowest BCUT2D eigenvalue weighted by atomic mass is 9.80. The predicted molar refractivity (Wildman–Crippen MR) is 95.0 cm³/mol. The minimum atomic E-state index is -0.812. The van der Waals surface area contributed by atoms with Crippen LogP contribution in [0.15, 0.2) is 28.7 Å². The number of rotatable bonds is 3. The van der Waals surface area contributed by atoms with E-state index in [9.17, 15) is 14.7 Å². The van der Waals surface area contributed by atoms with Crippen molar-refractivity contribution in [2.75, 3.05) is 13.1 Å². The molecule has 1 amide bonds. The van der Waals surface area contributed by atoms with E-state index in [1.165, 1.54) is 0 Å². The minimum Gasteiger partial charge on any atom is -0.481 e. The van der Waals surface area contributed by atoms with E-state index >= 15 is 0 Å². The van der Waals surface area contributed by atoms with Crippen molar-refractivity contribution in [3.63, 3.8) is 0 Å². The molecule has 0 radical (unpaired) electrons. The molecule has 1 aromatic rings. The number of hydrogen-bond acceptors (Lipinski definition) is 3. The van der Waals surface area contributed by atoms with Crippen molar-refractivity contribution in [2.45, 2.75) is 45.1 Å². The molecule has 1 N–H and O–H groups in total. The van der Waals surface area contributed by atoms with E-state index < -0.39 is 17.5 Å². The van der Waals surface area contributed by atoms with Gasteiger partial charge in [0.1, 0.15) is 5.60 Å². The number of carbonyl (C=O) groups is 2. The van der Waals surface area contributed by atoms with Gasteiger partial charge in [0.05, 0.1) is 5.92 Å². The van der Waals surface area contributed by atoms with Crippen molar-refractivity contribution in [1.29, 1.82) is 0 Å². The fourth-order valence-corrected chi connectivity index (χ4v) is 3.29. The number of halogens is 1. The number of likely N-dealkylation sites (tertiary alicyclic amines) is 1. The van der Waals surface area contributed by atoms with Crippen LogP contribution in [0.3, 0.4) is 0 Å². The van der Waals surface area contributed by atoms with Crippen molar-refractivity contribution >= 4 is 28.0 Å². The van der Waals surface area contributed by atoms with Crippen LogP contribution in [0.1, 0.15) is 45.1 Å². The number of benzene rings is 1. The Hall–Kier alpha value is -1.56. The van der Waals surface area contributed by atoms with Gasteiger partial charge in [-0.15, -0.1) is 0 Å². The SMILES string of the molecule is CC(C)(C)OC(=O)N1CCC(C(C(=O)O)c2ccc(Br)cc2)CC1. The predicted octanol–water partition coefficient (Wildman–Crippen LogP) is 4.26. The topological polar surface area (TPSA) is 66.8 Å². The molecule has 0 spiro atoms. The highest BCUT2D eigenvalue weighted by Gasteiger charge is 2.34. The molecule has 2 rings (SSSR count). The molecule has 0 aliphatic carbocycles. The molecule has 5 nitrogen and oxygen atoms in total. The van der Waals surface area contributed by atoms with Gasteiger partial charge in [0, 0.05) is 17.6 Å². The van der Waals surface area contributed by atoms with Crippen LogP contribution in [-0.4, -0.2) is 40.8 Å². The molecule has 24 heavy (non-hydrogen) atoms. The summed E-state index contributed by atoms with van der Waals surface area (Å²) in [6.45, 7) is 6.57. The Bertz CT molecular complexity index is 586. The number of hydrogen-bond donors (Lipinski definition) is 1. The van der Waals surface area contributed by atoms with Crippen LogP contribution in [-0.2, 0) is 9.53 Å². The first-order valence-corrected chi connectivity index (χ1v) is 8.93. The molecule has 0 bridgehead atoms. The Labute approximate surface area is 151 Å². The fourth-order valence-electron chi connectivity index (χ4n) is 3.03. The maximum Gasteiger partial charge on any atom is 0.410 e. The van der Waals surface area contributed by atoms with Gasteiger partial charge in [-0.1, -0.05) is 28.1 Å². The maximum atomic E-state index is 12.1. The first-order valence-electron chi connectivity index (χ1n) is 8.13. The summed E-state index contributed by atoms with van der Waals surface area (Å²) in [6.07, 6.45) is 0.995. The first-order chi connectivity index (χ1) is 11.2. The van der Waals surface area contributed by atoms with Gasteiger partial charge < -0.3 is 14.7 Å². The fraction of sp³-hybridized carbons (Fsp3) is 0.556. The maximum absolute atomic E-state index is 12.1. The summed E-state index contributed by atoms with van der Waals surface area (Å²) in [5.74, 6) is -1.34. The smallest absolute Gasteiger partial charge is 0.410 e. The molecule has 1 fully saturated rings. The van der Waals surface area contributed by atoms with Crippen molar-refractivity contribution in [3.05, 3.63) is 34.3 Å². The Morgan fingerprint density at radius 2 is 1.75 bits per heavy atom. The zero-order chi connectivity index (χ0) is 17.9. The van der Waals surface area contributed by atoms with Crippen LogP contribution in [0.2, 0.25) is 0 Å². The number of aliphatic carboxylic acids is 1. The lowest BCUT2D eigenvalue weighted by Crippen LogP contribution is -2.43. The standard InChI is InChI=1S/C18H24BrNO4/c1-18(2,3)24-17(23)20-10-8-13(9-11-20)15(16(21)22)12-4-6-14(19)7-5-12/h4-7,13,15H,8-11H2,1-3H3,(H,21,22). The third-order valence-corrected chi connectivity index (χ3v) is 4.69. The van der Waals surface area contributed by atoms with Crippen LogP contribution >= 0.6 is 15.9 Å². The van der Waals surface area contributed by atoms with Crippen LogP contribution in [0, 0.1) is 5.92 Å². The van der Waals surface area contributed by atoms with Gasteiger partial charge in [0.15, 0.2) is 0 Å². The summed E-state index contributed by atoms with van der Waals surface area (Å²) in [4.78, 5) is 25.6. The second-order valence-electron chi connectivity index (χ2n) is 7.17. The summed E-state index contributed by atoms with van der Waals surface area (Å²) >= 11 is 3.37. The third kappa shape index (κ3) is 4.97. The molecule has 0 saturated carbocycles. The first kappa shape index (κ1) is 18.8. The Morgan fingerprint density at radius 1 is 1.21 bits per heavy atom. The minimum absolute atomic E-state index is 0.0161.